The lowest BCUT2D eigenvalue weighted by Gasteiger charge is -2.13. The summed E-state index contributed by atoms with van der Waals surface area (Å²) in [6.45, 7) is 3.04. The zero-order valence-corrected chi connectivity index (χ0v) is 18.9. The van der Waals surface area contributed by atoms with Crippen molar-refractivity contribution in [2.24, 2.45) is 0 Å². The molecular weight excluding hydrogens is 443 g/mol. The summed E-state index contributed by atoms with van der Waals surface area (Å²) < 4.78 is 22.8. The van der Waals surface area contributed by atoms with Gasteiger partial charge in [0.25, 0.3) is 5.56 Å². The van der Waals surface area contributed by atoms with Gasteiger partial charge in [0.05, 0.1) is 17.2 Å². The molecule has 0 saturated carbocycles. The van der Waals surface area contributed by atoms with Crippen LogP contribution in [0.3, 0.4) is 0 Å². The predicted molar refractivity (Wildman–Crippen MR) is 126 cm³/mol. The standard InChI is InChI=1S/C24H23FN4O3S/c1-2-33-17-9-7-16(8-10-17)29-24(31)32-20(27-29)4-3-13-26-19-14-28-21(30)12-6-15-5-11-18(25)22(19)23(15)28/h5-12,19,26H,2-4,13-14H2,1H3/t19-/m0/s1. The van der Waals surface area contributed by atoms with Gasteiger partial charge in [0, 0.05) is 29.5 Å². The molecule has 4 aromatic rings. The fourth-order valence-corrected chi connectivity index (χ4v) is 4.96. The molecule has 0 bridgehead atoms. The van der Waals surface area contributed by atoms with E-state index in [1.54, 1.807) is 28.5 Å². The number of rotatable bonds is 8. The Kier molecular flexibility index (Phi) is 5.90. The molecule has 0 amide bonds. The molecule has 2 aromatic carbocycles. The Morgan fingerprint density at radius 3 is 2.73 bits per heavy atom. The topological polar surface area (TPSA) is 82.1 Å². The second-order valence-corrected chi connectivity index (χ2v) is 9.23. The van der Waals surface area contributed by atoms with Crippen LogP contribution in [0, 0.1) is 5.82 Å². The van der Waals surface area contributed by atoms with Gasteiger partial charge in [0.2, 0.25) is 5.89 Å². The quantitative estimate of drug-likeness (QED) is 0.315. The van der Waals surface area contributed by atoms with Gasteiger partial charge in [-0.05, 0) is 66.6 Å². The highest BCUT2D eigenvalue weighted by Gasteiger charge is 2.28. The molecule has 3 heterocycles. The van der Waals surface area contributed by atoms with Gasteiger partial charge in [0.15, 0.2) is 0 Å². The molecule has 9 heteroatoms. The molecule has 170 valence electrons. The molecular formula is C24H23FN4O3S. The number of aromatic nitrogens is 3. The summed E-state index contributed by atoms with van der Waals surface area (Å²) in [7, 11) is 0. The highest BCUT2D eigenvalue weighted by atomic mass is 32.2. The Hall–Kier alpha value is -3.17. The maximum atomic E-state index is 14.6. The van der Waals surface area contributed by atoms with Gasteiger partial charge in [-0.25, -0.2) is 9.18 Å². The summed E-state index contributed by atoms with van der Waals surface area (Å²) in [6, 6.07) is 13.7. The third kappa shape index (κ3) is 4.14. The second kappa shape index (κ2) is 8.99. The van der Waals surface area contributed by atoms with E-state index in [-0.39, 0.29) is 17.4 Å². The number of benzene rings is 2. The molecule has 0 fully saturated rings. The molecule has 33 heavy (non-hydrogen) atoms. The van der Waals surface area contributed by atoms with E-state index in [1.807, 2.05) is 24.3 Å². The Morgan fingerprint density at radius 2 is 1.94 bits per heavy atom. The Bertz CT molecular complexity index is 1420. The summed E-state index contributed by atoms with van der Waals surface area (Å²) in [5.41, 5.74) is 1.72. The van der Waals surface area contributed by atoms with Gasteiger partial charge < -0.3 is 14.3 Å². The molecule has 0 unspecified atom stereocenters. The van der Waals surface area contributed by atoms with Crippen molar-refractivity contribution in [2.75, 3.05) is 12.3 Å². The molecule has 1 aliphatic rings. The van der Waals surface area contributed by atoms with Crippen LogP contribution in [-0.2, 0) is 13.0 Å². The van der Waals surface area contributed by atoms with E-state index in [0.717, 1.165) is 16.0 Å². The maximum absolute atomic E-state index is 14.6. The van der Waals surface area contributed by atoms with Gasteiger partial charge in [-0.1, -0.05) is 6.92 Å². The molecule has 2 aromatic heterocycles. The average Bonchev–Trinajstić information content (AvgIpc) is 3.38. The number of thioether (sulfide) groups is 1. The van der Waals surface area contributed by atoms with Crippen LogP contribution in [0.2, 0.25) is 0 Å². The molecule has 0 saturated heterocycles. The lowest BCUT2D eigenvalue weighted by Crippen LogP contribution is -2.26. The number of nitrogens with one attached hydrogen (secondary N) is 1. The Morgan fingerprint density at radius 1 is 1.15 bits per heavy atom. The largest absolute Gasteiger partial charge is 0.441 e. The van der Waals surface area contributed by atoms with Crippen molar-refractivity contribution in [3.63, 3.8) is 0 Å². The van der Waals surface area contributed by atoms with Gasteiger partial charge in [0.1, 0.15) is 5.82 Å². The number of halogens is 1. The van der Waals surface area contributed by atoms with Gasteiger partial charge in [-0.2, -0.15) is 4.68 Å². The van der Waals surface area contributed by atoms with E-state index >= 15 is 0 Å². The molecule has 5 rings (SSSR count). The lowest BCUT2D eigenvalue weighted by atomic mass is 10.1. The summed E-state index contributed by atoms with van der Waals surface area (Å²) in [5, 5.41) is 8.50. The van der Waals surface area contributed by atoms with E-state index in [2.05, 4.69) is 17.3 Å². The van der Waals surface area contributed by atoms with Gasteiger partial charge >= 0.3 is 5.76 Å². The van der Waals surface area contributed by atoms with Crippen molar-refractivity contribution in [1.29, 1.82) is 0 Å². The number of aryl methyl sites for hydroxylation is 1. The van der Waals surface area contributed by atoms with Gasteiger partial charge in [-0.15, -0.1) is 16.9 Å². The van der Waals surface area contributed by atoms with Crippen LogP contribution in [0.25, 0.3) is 16.6 Å². The van der Waals surface area contributed by atoms with E-state index in [9.17, 15) is 14.0 Å². The fraction of sp³-hybridized carbons (Fsp3) is 0.292. The number of hydrogen-bond donors (Lipinski definition) is 1. The van der Waals surface area contributed by atoms with E-state index in [4.69, 9.17) is 4.42 Å². The van der Waals surface area contributed by atoms with Crippen molar-refractivity contribution >= 4 is 22.7 Å². The third-order valence-corrected chi connectivity index (χ3v) is 6.68. The normalized spacial score (nSPS) is 14.9. The summed E-state index contributed by atoms with van der Waals surface area (Å²) in [6.07, 6.45) is 1.11. The first kappa shape index (κ1) is 21.7. The minimum absolute atomic E-state index is 0.132. The monoisotopic (exact) mass is 466 g/mol. The van der Waals surface area contributed by atoms with Crippen molar-refractivity contribution in [3.05, 3.63) is 86.7 Å². The highest BCUT2D eigenvalue weighted by molar-refractivity contribution is 7.99. The molecule has 1 atom stereocenters. The maximum Gasteiger partial charge on any atom is 0.441 e. The van der Waals surface area contributed by atoms with Crippen LogP contribution >= 0.6 is 11.8 Å². The van der Waals surface area contributed by atoms with Crippen LogP contribution in [-0.4, -0.2) is 26.6 Å². The average molecular weight is 467 g/mol. The number of hydrogen-bond acceptors (Lipinski definition) is 6. The zero-order chi connectivity index (χ0) is 22.9. The molecule has 0 aliphatic carbocycles. The van der Waals surface area contributed by atoms with Crippen LogP contribution in [0.5, 0.6) is 0 Å². The SMILES string of the molecule is CCSc1ccc(-n2nc(CCCN[C@H]3Cn4c(=O)ccc5ccc(F)c3c54)oc2=O)cc1. The lowest BCUT2D eigenvalue weighted by molar-refractivity contribution is 0.434. The van der Waals surface area contributed by atoms with E-state index in [0.29, 0.717) is 48.6 Å². The fourth-order valence-electron chi connectivity index (χ4n) is 4.30. The Labute approximate surface area is 193 Å². The molecule has 1 N–H and O–H groups in total. The highest BCUT2D eigenvalue weighted by Crippen LogP contribution is 2.33. The van der Waals surface area contributed by atoms with E-state index < -0.39 is 5.76 Å². The predicted octanol–water partition coefficient (Wildman–Crippen LogP) is 3.67. The second-order valence-electron chi connectivity index (χ2n) is 7.89. The van der Waals surface area contributed by atoms with Crippen molar-refractivity contribution in [2.45, 2.75) is 37.2 Å². The third-order valence-electron chi connectivity index (χ3n) is 5.79. The van der Waals surface area contributed by atoms with Crippen molar-refractivity contribution in [1.82, 2.24) is 19.7 Å². The van der Waals surface area contributed by atoms with Crippen LogP contribution < -0.4 is 16.6 Å². The Balaban J connectivity index is 1.23. The molecule has 0 spiro atoms. The summed E-state index contributed by atoms with van der Waals surface area (Å²) in [5.74, 6) is 0.499. The molecule has 0 radical (unpaired) electrons. The van der Waals surface area contributed by atoms with Crippen LogP contribution in [0.4, 0.5) is 4.39 Å². The van der Waals surface area contributed by atoms with Crippen LogP contribution in [0.15, 0.2) is 67.4 Å². The molecule has 7 nitrogen and oxygen atoms in total. The summed E-state index contributed by atoms with van der Waals surface area (Å²) in [4.78, 5) is 25.6. The summed E-state index contributed by atoms with van der Waals surface area (Å²) >= 11 is 1.73. The first-order chi connectivity index (χ1) is 16.0. The van der Waals surface area contributed by atoms with Crippen LogP contribution in [0.1, 0.15) is 30.8 Å². The minimum Gasteiger partial charge on any atom is -0.392 e. The minimum atomic E-state index is -0.520. The first-order valence-electron chi connectivity index (χ1n) is 10.9. The van der Waals surface area contributed by atoms with Gasteiger partial charge in [-0.3, -0.25) is 4.79 Å². The van der Waals surface area contributed by atoms with Crippen molar-refractivity contribution < 1.29 is 8.81 Å². The molecule has 1 aliphatic heterocycles. The number of pyridine rings is 1. The van der Waals surface area contributed by atoms with E-state index in [1.165, 1.54) is 16.8 Å². The number of nitrogens with zero attached hydrogens (tertiary/aromatic N) is 3. The zero-order valence-electron chi connectivity index (χ0n) is 18.1. The first-order valence-corrected chi connectivity index (χ1v) is 11.9. The van der Waals surface area contributed by atoms with Crippen molar-refractivity contribution in [3.8, 4) is 5.69 Å². The smallest absolute Gasteiger partial charge is 0.392 e.